The van der Waals surface area contributed by atoms with Gasteiger partial charge in [0, 0.05) is 17.2 Å². The maximum absolute atomic E-state index is 5.23. The molecule has 0 aliphatic rings. The molecule has 0 atom stereocenters. The second-order valence-corrected chi connectivity index (χ2v) is 6.18. The molecule has 0 aliphatic heterocycles. The Morgan fingerprint density at radius 3 is 2.53 bits per heavy atom. The lowest BCUT2D eigenvalue weighted by Gasteiger charge is -2.10. The Morgan fingerprint density at radius 2 is 2.00 bits per heavy atom. The third-order valence-electron chi connectivity index (χ3n) is 2.40. The summed E-state index contributed by atoms with van der Waals surface area (Å²) in [5, 5.41) is 7.18. The van der Waals surface area contributed by atoms with Crippen LogP contribution in [0.15, 0.2) is 9.90 Å². The van der Waals surface area contributed by atoms with Crippen LogP contribution in [0.5, 0.6) is 0 Å². The van der Waals surface area contributed by atoms with Crippen LogP contribution in [0.2, 0.25) is 0 Å². The maximum Gasteiger partial charge on any atom is 0.227 e. The average Bonchev–Trinajstić information content (AvgIpc) is 2.82. The van der Waals surface area contributed by atoms with Crippen LogP contribution in [0.3, 0.4) is 0 Å². The fraction of sp³-hybridized carbons (Fsp3) is 0.583. The molecule has 0 unspecified atom stereocenters. The lowest BCUT2D eigenvalue weighted by molar-refractivity contribution is 0.362. The fourth-order valence-electron chi connectivity index (χ4n) is 1.42. The predicted octanol–water partition coefficient (Wildman–Crippen LogP) is 2.92. The fourth-order valence-corrected chi connectivity index (χ4v) is 2.07. The van der Waals surface area contributed by atoms with E-state index in [1.807, 2.05) is 6.92 Å². The molecule has 2 rings (SSSR count). The van der Waals surface area contributed by atoms with Gasteiger partial charge >= 0.3 is 0 Å². The van der Waals surface area contributed by atoms with Gasteiger partial charge in [-0.1, -0.05) is 25.9 Å². The van der Waals surface area contributed by atoms with Crippen molar-refractivity contribution in [3.05, 3.63) is 27.8 Å². The standard InChI is InChI=1S/C12H17N3OS/c1-8-13-9(7-17-8)5-6-10-14-11(15-16-10)12(2,3)4/h7H,5-6H2,1-4H3. The van der Waals surface area contributed by atoms with Crippen molar-refractivity contribution in [2.45, 2.75) is 46.0 Å². The van der Waals surface area contributed by atoms with Crippen LogP contribution in [0.25, 0.3) is 0 Å². The van der Waals surface area contributed by atoms with E-state index in [2.05, 4.69) is 41.3 Å². The minimum absolute atomic E-state index is 0.0566. The smallest absolute Gasteiger partial charge is 0.227 e. The number of nitrogens with zero attached hydrogens (tertiary/aromatic N) is 3. The van der Waals surface area contributed by atoms with Crippen LogP contribution in [0.4, 0.5) is 0 Å². The first-order valence-corrected chi connectivity index (χ1v) is 6.57. The van der Waals surface area contributed by atoms with Crippen molar-refractivity contribution < 1.29 is 4.52 Å². The number of rotatable bonds is 3. The molecule has 0 radical (unpaired) electrons. The van der Waals surface area contributed by atoms with Gasteiger partial charge in [-0.2, -0.15) is 4.98 Å². The molecule has 0 aliphatic carbocycles. The molecule has 17 heavy (non-hydrogen) atoms. The van der Waals surface area contributed by atoms with Crippen LogP contribution in [0, 0.1) is 6.92 Å². The van der Waals surface area contributed by atoms with Gasteiger partial charge in [0.1, 0.15) is 0 Å². The van der Waals surface area contributed by atoms with Crippen LogP contribution < -0.4 is 0 Å². The van der Waals surface area contributed by atoms with E-state index in [0.717, 1.165) is 29.4 Å². The zero-order valence-corrected chi connectivity index (χ0v) is 11.5. The maximum atomic E-state index is 5.23. The molecule has 0 saturated carbocycles. The molecule has 2 heterocycles. The molecule has 0 N–H and O–H groups in total. The van der Waals surface area contributed by atoms with Gasteiger partial charge in [0.15, 0.2) is 5.82 Å². The first-order chi connectivity index (χ1) is 7.95. The summed E-state index contributed by atoms with van der Waals surface area (Å²) in [5.74, 6) is 1.46. The number of hydrogen-bond donors (Lipinski definition) is 0. The van der Waals surface area contributed by atoms with Gasteiger partial charge in [-0.25, -0.2) is 4.98 Å². The largest absolute Gasteiger partial charge is 0.339 e. The van der Waals surface area contributed by atoms with E-state index in [-0.39, 0.29) is 5.41 Å². The molecule has 0 spiro atoms. The van der Waals surface area contributed by atoms with E-state index in [4.69, 9.17) is 4.52 Å². The summed E-state index contributed by atoms with van der Waals surface area (Å²) in [6.45, 7) is 8.24. The normalized spacial score (nSPS) is 12.0. The highest BCUT2D eigenvalue weighted by Crippen LogP contribution is 2.19. The van der Waals surface area contributed by atoms with Crippen molar-refractivity contribution in [2.24, 2.45) is 0 Å². The molecule has 2 aromatic heterocycles. The number of aryl methyl sites for hydroxylation is 3. The van der Waals surface area contributed by atoms with Gasteiger partial charge in [-0.3, -0.25) is 0 Å². The number of thiazole rings is 1. The highest BCUT2D eigenvalue weighted by Gasteiger charge is 2.20. The second kappa shape index (κ2) is 4.56. The molecule has 0 aromatic carbocycles. The molecule has 5 heteroatoms. The third-order valence-corrected chi connectivity index (χ3v) is 3.22. The highest BCUT2D eigenvalue weighted by molar-refractivity contribution is 7.09. The zero-order chi connectivity index (χ0) is 12.5. The lowest BCUT2D eigenvalue weighted by atomic mass is 9.96. The molecular weight excluding hydrogens is 234 g/mol. The topological polar surface area (TPSA) is 51.8 Å². The minimum Gasteiger partial charge on any atom is -0.339 e. The first-order valence-electron chi connectivity index (χ1n) is 5.69. The lowest BCUT2D eigenvalue weighted by Crippen LogP contribution is -2.13. The number of aromatic nitrogens is 3. The van der Waals surface area contributed by atoms with Gasteiger partial charge in [-0.15, -0.1) is 11.3 Å². The summed E-state index contributed by atoms with van der Waals surface area (Å²) in [6, 6.07) is 0. The minimum atomic E-state index is -0.0566. The van der Waals surface area contributed by atoms with Gasteiger partial charge in [0.2, 0.25) is 5.89 Å². The summed E-state index contributed by atoms with van der Waals surface area (Å²) >= 11 is 1.67. The Morgan fingerprint density at radius 1 is 1.24 bits per heavy atom. The zero-order valence-electron chi connectivity index (χ0n) is 10.6. The summed E-state index contributed by atoms with van der Waals surface area (Å²) in [6.07, 6.45) is 1.61. The monoisotopic (exact) mass is 251 g/mol. The molecular formula is C12H17N3OS. The van der Waals surface area contributed by atoms with E-state index in [0.29, 0.717) is 5.89 Å². The summed E-state index contributed by atoms with van der Waals surface area (Å²) in [7, 11) is 0. The summed E-state index contributed by atoms with van der Waals surface area (Å²) in [5.41, 5.74) is 1.04. The van der Waals surface area contributed by atoms with Crippen LogP contribution in [0.1, 0.15) is 43.2 Å². The van der Waals surface area contributed by atoms with Crippen molar-refractivity contribution in [3.8, 4) is 0 Å². The van der Waals surface area contributed by atoms with Crippen molar-refractivity contribution in [3.63, 3.8) is 0 Å². The Balaban J connectivity index is 1.98. The Kier molecular flexibility index (Phi) is 3.28. The average molecular weight is 251 g/mol. The molecule has 0 bridgehead atoms. The Bertz CT molecular complexity index is 496. The van der Waals surface area contributed by atoms with Gasteiger partial charge in [0.05, 0.1) is 10.7 Å². The van der Waals surface area contributed by atoms with E-state index in [9.17, 15) is 0 Å². The molecule has 92 valence electrons. The summed E-state index contributed by atoms with van der Waals surface area (Å²) < 4.78 is 5.23. The summed E-state index contributed by atoms with van der Waals surface area (Å²) in [4.78, 5) is 8.81. The molecule has 4 nitrogen and oxygen atoms in total. The number of hydrogen-bond acceptors (Lipinski definition) is 5. The Hall–Kier alpha value is -1.23. The second-order valence-electron chi connectivity index (χ2n) is 5.12. The molecule has 0 fully saturated rings. The quantitative estimate of drug-likeness (QED) is 0.841. The highest BCUT2D eigenvalue weighted by atomic mass is 32.1. The molecule has 0 saturated heterocycles. The third kappa shape index (κ3) is 3.12. The SMILES string of the molecule is Cc1nc(CCc2nc(C(C)(C)C)no2)cs1. The van der Waals surface area contributed by atoms with E-state index in [1.54, 1.807) is 11.3 Å². The van der Waals surface area contributed by atoms with E-state index in [1.165, 1.54) is 0 Å². The van der Waals surface area contributed by atoms with E-state index < -0.39 is 0 Å². The van der Waals surface area contributed by atoms with Crippen LogP contribution in [-0.2, 0) is 18.3 Å². The van der Waals surface area contributed by atoms with Gasteiger partial charge in [-0.05, 0) is 13.3 Å². The van der Waals surface area contributed by atoms with Crippen molar-refractivity contribution in [1.82, 2.24) is 15.1 Å². The van der Waals surface area contributed by atoms with Crippen molar-refractivity contribution in [2.75, 3.05) is 0 Å². The molecule has 2 aromatic rings. The predicted molar refractivity (Wildman–Crippen MR) is 67.3 cm³/mol. The first kappa shape index (κ1) is 12.2. The van der Waals surface area contributed by atoms with Crippen molar-refractivity contribution >= 4 is 11.3 Å². The van der Waals surface area contributed by atoms with E-state index >= 15 is 0 Å². The van der Waals surface area contributed by atoms with Crippen LogP contribution >= 0.6 is 11.3 Å². The van der Waals surface area contributed by atoms with Gasteiger partial charge < -0.3 is 4.52 Å². The molecule has 0 amide bonds. The Labute approximate surface area is 105 Å². The van der Waals surface area contributed by atoms with Gasteiger partial charge in [0.25, 0.3) is 0 Å². The van der Waals surface area contributed by atoms with Crippen LogP contribution in [-0.4, -0.2) is 15.1 Å². The van der Waals surface area contributed by atoms with Crippen molar-refractivity contribution in [1.29, 1.82) is 0 Å².